The van der Waals surface area contributed by atoms with Crippen molar-refractivity contribution in [3.05, 3.63) is 0 Å². The predicted molar refractivity (Wildman–Crippen MR) is 65.2 cm³/mol. The van der Waals surface area contributed by atoms with Gasteiger partial charge in [0.15, 0.2) is 6.10 Å². The molecule has 4 nitrogen and oxygen atoms in total. The molecule has 0 aliphatic heterocycles. The maximum absolute atomic E-state index is 11.8. The Balaban J connectivity index is 4.28. The zero-order valence-corrected chi connectivity index (χ0v) is 11.2. The minimum Gasteiger partial charge on any atom is -0.457 e. The van der Waals surface area contributed by atoms with Crippen LogP contribution in [0, 0.1) is 0 Å². The molecule has 0 N–H and O–H groups in total. The van der Waals surface area contributed by atoms with E-state index in [-0.39, 0.29) is 0 Å². The summed E-state index contributed by atoms with van der Waals surface area (Å²) in [7, 11) is 0. The molecule has 0 spiro atoms. The highest BCUT2D eigenvalue weighted by molar-refractivity contribution is 5.76. The Hall–Kier alpha value is -1.06. The molecule has 1 radical (unpaired) electrons. The van der Waals surface area contributed by atoms with E-state index in [1.54, 1.807) is 0 Å². The van der Waals surface area contributed by atoms with E-state index >= 15 is 0 Å². The van der Waals surface area contributed by atoms with Crippen LogP contribution in [0.2, 0.25) is 0 Å². The Morgan fingerprint density at radius 2 is 1.94 bits per heavy atom. The van der Waals surface area contributed by atoms with Crippen LogP contribution in [-0.2, 0) is 19.1 Å². The van der Waals surface area contributed by atoms with Gasteiger partial charge in [0.05, 0.1) is 0 Å². The molecule has 0 heterocycles. The summed E-state index contributed by atoms with van der Waals surface area (Å²) >= 11 is 0. The van der Waals surface area contributed by atoms with E-state index in [1.807, 2.05) is 20.8 Å². The van der Waals surface area contributed by atoms with Gasteiger partial charge in [0.25, 0.3) is 0 Å². The van der Waals surface area contributed by atoms with Crippen LogP contribution in [0.3, 0.4) is 0 Å². The van der Waals surface area contributed by atoms with Crippen molar-refractivity contribution in [3.8, 4) is 0 Å². The molecule has 1 atom stereocenters. The Kier molecular flexibility index (Phi) is 7.59. The molecule has 0 aliphatic carbocycles. The maximum Gasteiger partial charge on any atom is 0.418 e. The summed E-state index contributed by atoms with van der Waals surface area (Å²) in [5.74, 6) is -0.476. The molecule has 0 aliphatic rings. The van der Waals surface area contributed by atoms with Crippen LogP contribution in [0.4, 0.5) is 0 Å². The number of esters is 1. The van der Waals surface area contributed by atoms with Gasteiger partial charge >= 0.3 is 12.4 Å². The molecule has 0 fully saturated rings. The van der Waals surface area contributed by atoms with Gasteiger partial charge in [-0.3, -0.25) is 0 Å². The van der Waals surface area contributed by atoms with Gasteiger partial charge in [-0.25, -0.2) is 9.59 Å². The fourth-order valence-corrected chi connectivity index (χ4v) is 1.27. The molecule has 4 heteroatoms. The summed E-state index contributed by atoms with van der Waals surface area (Å²) in [5.41, 5.74) is -0.521. The van der Waals surface area contributed by atoms with Gasteiger partial charge in [0, 0.05) is 0 Å². The molecule has 0 aromatic heterocycles. The van der Waals surface area contributed by atoms with E-state index in [2.05, 4.69) is 11.7 Å². The third-order valence-electron chi connectivity index (χ3n) is 2.75. The molecule has 99 valence electrons. The molecule has 0 bridgehead atoms. The lowest BCUT2D eigenvalue weighted by atomic mass is 10.1. The van der Waals surface area contributed by atoms with Gasteiger partial charge in [-0.1, -0.05) is 26.7 Å². The molecule has 1 unspecified atom stereocenters. The van der Waals surface area contributed by atoms with Crippen molar-refractivity contribution in [2.24, 2.45) is 0 Å². The summed E-state index contributed by atoms with van der Waals surface area (Å²) in [6.45, 7) is 9.00. The first-order valence-electron chi connectivity index (χ1n) is 6.22. The van der Waals surface area contributed by atoms with Crippen LogP contribution in [0.25, 0.3) is 0 Å². The van der Waals surface area contributed by atoms with E-state index in [1.165, 1.54) is 6.47 Å². The van der Waals surface area contributed by atoms with E-state index in [9.17, 15) is 9.59 Å². The van der Waals surface area contributed by atoms with Crippen LogP contribution in [0.5, 0.6) is 0 Å². The number of unbranched alkanes of at least 4 members (excludes halogenated alkanes) is 2. The van der Waals surface area contributed by atoms with Crippen LogP contribution in [-0.4, -0.2) is 24.1 Å². The second-order valence-corrected chi connectivity index (χ2v) is 4.72. The predicted octanol–water partition coefficient (Wildman–Crippen LogP) is 2.75. The minimum absolute atomic E-state index is 0.476. The summed E-state index contributed by atoms with van der Waals surface area (Å²) in [6.07, 6.45) is 3.29. The van der Waals surface area contributed by atoms with E-state index < -0.39 is 17.7 Å². The number of hydrogen-bond donors (Lipinski definition) is 0. The van der Waals surface area contributed by atoms with Crippen molar-refractivity contribution in [1.82, 2.24) is 0 Å². The van der Waals surface area contributed by atoms with Gasteiger partial charge in [-0.15, -0.1) is 0 Å². The van der Waals surface area contributed by atoms with Crippen molar-refractivity contribution in [2.45, 2.75) is 71.5 Å². The topological polar surface area (TPSA) is 52.6 Å². The van der Waals surface area contributed by atoms with E-state index in [4.69, 9.17) is 4.74 Å². The summed E-state index contributed by atoms with van der Waals surface area (Å²) in [4.78, 5) is 22.0. The Morgan fingerprint density at radius 3 is 2.41 bits per heavy atom. The maximum atomic E-state index is 11.8. The first-order chi connectivity index (χ1) is 7.96. The minimum atomic E-state index is -0.815. The van der Waals surface area contributed by atoms with Crippen LogP contribution in [0.1, 0.15) is 59.8 Å². The zero-order valence-electron chi connectivity index (χ0n) is 11.2. The summed E-state index contributed by atoms with van der Waals surface area (Å²) in [6, 6.07) is 0. The van der Waals surface area contributed by atoms with Crippen molar-refractivity contribution in [2.75, 3.05) is 0 Å². The molecule has 0 amide bonds. The molecule has 17 heavy (non-hydrogen) atoms. The number of carbonyl (C=O) groups excluding carboxylic acids is 2. The molecule has 0 aromatic carbocycles. The lowest BCUT2D eigenvalue weighted by molar-refractivity contribution is -0.166. The quantitative estimate of drug-likeness (QED) is 0.461. The largest absolute Gasteiger partial charge is 0.457 e. The first kappa shape index (κ1) is 15.9. The fraction of sp³-hybridized carbons (Fsp3) is 0.846. The summed E-state index contributed by atoms with van der Waals surface area (Å²) < 4.78 is 9.95. The molecule has 0 saturated carbocycles. The Bertz CT molecular complexity index is 236. The lowest BCUT2D eigenvalue weighted by Gasteiger charge is -2.25. The van der Waals surface area contributed by atoms with Gasteiger partial charge < -0.3 is 9.47 Å². The highest BCUT2D eigenvalue weighted by Gasteiger charge is 2.27. The standard InChI is InChI=1S/C13H23O4/c1-5-7-8-9-11(16-10-14)12(15)17-13(3,4)6-2/h11H,5-9H2,1-4H3. The first-order valence-corrected chi connectivity index (χ1v) is 6.22. The van der Waals surface area contributed by atoms with Crippen LogP contribution >= 0.6 is 0 Å². The van der Waals surface area contributed by atoms with E-state index in [0.29, 0.717) is 12.8 Å². The van der Waals surface area contributed by atoms with Crippen molar-refractivity contribution < 1.29 is 19.1 Å². The zero-order chi connectivity index (χ0) is 13.3. The molecule has 0 rings (SSSR count). The van der Waals surface area contributed by atoms with Crippen LogP contribution < -0.4 is 0 Å². The molecular formula is C13H23O4. The SMILES string of the molecule is CCCCCC(O[C]=O)C(=O)OC(C)(C)CC. The monoisotopic (exact) mass is 243 g/mol. The molecule has 0 aromatic rings. The Labute approximate surface area is 104 Å². The third kappa shape index (κ3) is 6.97. The fourth-order valence-electron chi connectivity index (χ4n) is 1.27. The summed E-state index contributed by atoms with van der Waals surface area (Å²) in [5, 5.41) is 0. The van der Waals surface area contributed by atoms with Crippen molar-refractivity contribution in [3.63, 3.8) is 0 Å². The highest BCUT2D eigenvalue weighted by atomic mass is 16.6. The smallest absolute Gasteiger partial charge is 0.418 e. The number of carbonyl (C=O) groups is 1. The van der Waals surface area contributed by atoms with Crippen molar-refractivity contribution in [1.29, 1.82) is 0 Å². The number of rotatable bonds is 9. The molecular weight excluding hydrogens is 220 g/mol. The lowest BCUT2D eigenvalue weighted by Crippen LogP contribution is -2.34. The van der Waals surface area contributed by atoms with Gasteiger partial charge in [-0.05, 0) is 33.1 Å². The van der Waals surface area contributed by atoms with Gasteiger partial charge in [0.1, 0.15) is 5.60 Å². The number of hydrogen-bond acceptors (Lipinski definition) is 4. The average Bonchev–Trinajstić information content (AvgIpc) is 2.27. The van der Waals surface area contributed by atoms with Crippen molar-refractivity contribution >= 4 is 12.4 Å². The van der Waals surface area contributed by atoms with Gasteiger partial charge in [-0.2, -0.15) is 0 Å². The van der Waals surface area contributed by atoms with E-state index in [0.717, 1.165) is 19.3 Å². The average molecular weight is 243 g/mol. The Morgan fingerprint density at radius 1 is 1.29 bits per heavy atom. The van der Waals surface area contributed by atoms with Gasteiger partial charge in [0.2, 0.25) is 0 Å². The normalized spacial score (nSPS) is 12.9. The second-order valence-electron chi connectivity index (χ2n) is 4.72. The van der Waals surface area contributed by atoms with Crippen LogP contribution in [0.15, 0.2) is 0 Å². The highest BCUT2D eigenvalue weighted by Crippen LogP contribution is 2.17. The number of ether oxygens (including phenoxy) is 2. The molecule has 0 saturated heterocycles. The third-order valence-corrected chi connectivity index (χ3v) is 2.75. The second kappa shape index (κ2) is 8.09.